The lowest BCUT2D eigenvalue weighted by atomic mass is 9.98. The minimum absolute atomic E-state index is 0.00819. The Morgan fingerprint density at radius 3 is 2.18 bits per heavy atom. The summed E-state index contributed by atoms with van der Waals surface area (Å²) in [4.78, 5) is 34.3. The number of alkyl carbamates (subject to hydrolysis) is 1. The van der Waals surface area contributed by atoms with Crippen molar-refractivity contribution in [3.8, 4) is 16.9 Å². The molecule has 3 aromatic rings. The smallest absolute Gasteiger partial charge is 0.407 e. The van der Waals surface area contributed by atoms with Gasteiger partial charge < -0.3 is 20.3 Å². The van der Waals surface area contributed by atoms with E-state index in [0.29, 0.717) is 0 Å². The van der Waals surface area contributed by atoms with E-state index in [1.807, 2.05) is 48.5 Å². The van der Waals surface area contributed by atoms with Crippen molar-refractivity contribution < 1.29 is 29.5 Å². The quantitative estimate of drug-likeness (QED) is 0.369. The Morgan fingerprint density at radius 1 is 1.00 bits per heavy atom. The zero-order valence-electron chi connectivity index (χ0n) is 17.3. The number of aromatic hydroxyl groups is 1. The highest BCUT2D eigenvalue weighted by Gasteiger charge is 2.30. The molecule has 1 amide bonds. The van der Waals surface area contributed by atoms with Crippen LogP contribution in [0.1, 0.15) is 22.6 Å². The number of benzene rings is 3. The summed E-state index contributed by atoms with van der Waals surface area (Å²) in [6.07, 6.45) is -1.29. The predicted molar refractivity (Wildman–Crippen MR) is 118 cm³/mol. The van der Waals surface area contributed by atoms with Crippen molar-refractivity contribution in [1.29, 1.82) is 0 Å². The highest BCUT2D eigenvalue weighted by Crippen LogP contribution is 2.44. The molecule has 1 aliphatic rings. The summed E-state index contributed by atoms with van der Waals surface area (Å²) in [5, 5.41) is 32.9. The topological polar surface area (TPSA) is 139 Å². The molecular formula is C24H20N2O7. The molecule has 4 rings (SSSR count). The molecule has 0 aliphatic heterocycles. The third kappa shape index (κ3) is 4.33. The Hall–Kier alpha value is -4.40. The van der Waals surface area contributed by atoms with Crippen LogP contribution >= 0.6 is 0 Å². The molecule has 0 saturated heterocycles. The number of phenols is 1. The summed E-state index contributed by atoms with van der Waals surface area (Å²) < 4.78 is 5.37. The zero-order chi connectivity index (χ0) is 23.5. The number of hydrogen-bond donors (Lipinski definition) is 3. The summed E-state index contributed by atoms with van der Waals surface area (Å²) in [6.45, 7) is 0.00819. The molecule has 0 bridgehead atoms. The number of carboxylic acids is 1. The fourth-order valence-corrected chi connectivity index (χ4v) is 4.09. The predicted octanol–water partition coefficient (Wildman–Crippen LogP) is 3.83. The van der Waals surface area contributed by atoms with Crippen molar-refractivity contribution in [1.82, 2.24) is 5.32 Å². The average molecular weight is 448 g/mol. The Morgan fingerprint density at radius 2 is 1.61 bits per heavy atom. The number of carbonyl (C=O) groups excluding carboxylic acids is 1. The van der Waals surface area contributed by atoms with Gasteiger partial charge in [-0.25, -0.2) is 9.59 Å². The molecule has 0 heterocycles. The summed E-state index contributed by atoms with van der Waals surface area (Å²) >= 11 is 0. The number of nitrogens with zero attached hydrogens (tertiary/aromatic N) is 1. The Kier molecular flexibility index (Phi) is 5.95. The van der Waals surface area contributed by atoms with E-state index in [1.54, 1.807) is 0 Å². The lowest BCUT2D eigenvalue weighted by Gasteiger charge is -2.18. The number of amides is 1. The van der Waals surface area contributed by atoms with Gasteiger partial charge in [-0.2, -0.15) is 0 Å². The highest BCUT2D eigenvalue weighted by molar-refractivity contribution is 5.81. The van der Waals surface area contributed by atoms with Crippen LogP contribution in [0.5, 0.6) is 5.75 Å². The van der Waals surface area contributed by atoms with Crippen molar-refractivity contribution in [3.63, 3.8) is 0 Å². The number of phenolic OH excluding ortho intramolecular Hbond substituents is 1. The van der Waals surface area contributed by atoms with Gasteiger partial charge in [0.15, 0.2) is 5.75 Å². The van der Waals surface area contributed by atoms with Crippen molar-refractivity contribution in [3.05, 3.63) is 93.5 Å². The Balaban J connectivity index is 1.45. The molecule has 1 unspecified atom stereocenters. The molecule has 0 saturated carbocycles. The monoisotopic (exact) mass is 448 g/mol. The lowest BCUT2D eigenvalue weighted by molar-refractivity contribution is -0.385. The number of hydrogen-bond acceptors (Lipinski definition) is 6. The third-order valence-electron chi connectivity index (χ3n) is 5.65. The van der Waals surface area contributed by atoms with Crippen LogP contribution in [0.25, 0.3) is 11.1 Å². The van der Waals surface area contributed by atoms with Crippen molar-refractivity contribution in [2.24, 2.45) is 0 Å². The van der Waals surface area contributed by atoms with Crippen LogP contribution < -0.4 is 5.32 Å². The van der Waals surface area contributed by atoms with Crippen molar-refractivity contribution >= 4 is 17.7 Å². The number of para-hydroxylation sites is 1. The average Bonchev–Trinajstić information content (AvgIpc) is 3.12. The number of carbonyl (C=O) groups is 2. The van der Waals surface area contributed by atoms with Crippen LogP contribution in [0, 0.1) is 10.1 Å². The standard InChI is InChI=1S/C24H20N2O7/c27-22-14(6-5-11-21(22)26(31)32)12-20(23(28)29)25-24(30)33-13-19-17-9-3-1-7-15(17)16-8-2-4-10-18(16)19/h1-11,19-20,27H,12-13H2,(H,25,30)(H,28,29). The van der Waals surface area contributed by atoms with Gasteiger partial charge in [0.05, 0.1) is 4.92 Å². The van der Waals surface area contributed by atoms with Crippen LogP contribution in [-0.4, -0.2) is 39.8 Å². The second kappa shape index (κ2) is 8.99. The molecule has 0 radical (unpaired) electrons. The van der Waals surface area contributed by atoms with Gasteiger partial charge in [0.2, 0.25) is 0 Å². The fraction of sp³-hybridized carbons (Fsp3) is 0.167. The van der Waals surface area contributed by atoms with Gasteiger partial charge in [-0.05, 0) is 22.3 Å². The first-order valence-electron chi connectivity index (χ1n) is 10.2. The molecule has 0 spiro atoms. The number of fused-ring (bicyclic) bond motifs is 3. The van der Waals surface area contributed by atoms with Gasteiger partial charge in [0.1, 0.15) is 12.6 Å². The molecule has 1 aliphatic carbocycles. The first-order valence-corrected chi connectivity index (χ1v) is 10.2. The van der Waals surface area contributed by atoms with E-state index in [1.165, 1.54) is 12.1 Å². The maximum absolute atomic E-state index is 12.4. The molecule has 9 heteroatoms. The number of rotatable bonds is 7. The number of ether oxygens (including phenoxy) is 1. The van der Waals surface area contributed by atoms with E-state index in [-0.39, 0.29) is 24.5 Å². The molecule has 0 fully saturated rings. The van der Waals surface area contributed by atoms with Crippen LogP contribution in [0.4, 0.5) is 10.5 Å². The van der Waals surface area contributed by atoms with Gasteiger partial charge in [0.25, 0.3) is 0 Å². The van der Waals surface area contributed by atoms with E-state index < -0.39 is 34.5 Å². The van der Waals surface area contributed by atoms with Crippen molar-refractivity contribution in [2.45, 2.75) is 18.4 Å². The SMILES string of the molecule is O=C(NC(Cc1cccc([N+](=O)[O-])c1O)C(=O)O)OCC1c2ccccc2-c2ccccc21. The maximum Gasteiger partial charge on any atom is 0.407 e. The Bertz CT molecular complexity index is 1200. The molecule has 33 heavy (non-hydrogen) atoms. The molecule has 168 valence electrons. The molecule has 0 aromatic heterocycles. The van der Waals surface area contributed by atoms with Gasteiger partial charge in [0, 0.05) is 24.0 Å². The Labute approximate surface area is 188 Å². The molecule has 1 atom stereocenters. The second-order valence-electron chi connectivity index (χ2n) is 7.61. The number of nitro benzene ring substituents is 1. The fourth-order valence-electron chi connectivity index (χ4n) is 4.09. The van der Waals surface area contributed by atoms with Crippen molar-refractivity contribution in [2.75, 3.05) is 6.61 Å². The second-order valence-corrected chi connectivity index (χ2v) is 7.61. The van der Waals surface area contributed by atoms with E-state index in [9.17, 15) is 29.9 Å². The number of carboxylic acid groups (broad SMARTS) is 1. The highest BCUT2D eigenvalue weighted by atomic mass is 16.6. The maximum atomic E-state index is 12.4. The van der Waals surface area contributed by atoms with Crippen LogP contribution in [-0.2, 0) is 16.0 Å². The third-order valence-corrected chi connectivity index (χ3v) is 5.65. The summed E-state index contributed by atoms with van der Waals surface area (Å²) in [5.41, 5.74) is 3.64. The van der Waals surface area contributed by atoms with Crippen LogP contribution in [0.15, 0.2) is 66.7 Å². The first-order chi connectivity index (χ1) is 15.9. The van der Waals surface area contributed by atoms with E-state index >= 15 is 0 Å². The van der Waals surface area contributed by atoms with Crippen LogP contribution in [0.2, 0.25) is 0 Å². The van der Waals surface area contributed by atoms with E-state index in [4.69, 9.17) is 4.74 Å². The molecule has 3 N–H and O–H groups in total. The summed E-state index contributed by atoms with van der Waals surface area (Å²) in [5.74, 6) is -2.19. The zero-order valence-corrected chi connectivity index (χ0v) is 17.3. The minimum atomic E-state index is -1.45. The number of nitro groups is 1. The summed E-state index contributed by atoms with van der Waals surface area (Å²) in [7, 11) is 0. The first kappa shape index (κ1) is 21.8. The van der Waals surface area contributed by atoms with Gasteiger partial charge in [-0.3, -0.25) is 10.1 Å². The van der Waals surface area contributed by atoms with E-state index in [0.717, 1.165) is 28.3 Å². The van der Waals surface area contributed by atoms with Gasteiger partial charge in [-0.15, -0.1) is 0 Å². The lowest BCUT2D eigenvalue weighted by Crippen LogP contribution is -2.42. The van der Waals surface area contributed by atoms with Gasteiger partial charge >= 0.3 is 17.7 Å². The number of nitrogens with one attached hydrogen (secondary N) is 1. The minimum Gasteiger partial charge on any atom is -0.502 e. The normalized spacial score (nSPS) is 13.0. The summed E-state index contributed by atoms with van der Waals surface area (Å²) in [6, 6.07) is 18.0. The number of aliphatic carboxylic acids is 1. The molecular weight excluding hydrogens is 428 g/mol. The largest absolute Gasteiger partial charge is 0.502 e. The molecule has 3 aromatic carbocycles. The molecule has 9 nitrogen and oxygen atoms in total. The van der Waals surface area contributed by atoms with Crippen LogP contribution in [0.3, 0.4) is 0 Å². The van der Waals surface area contributed by atoms with Gasteiger partial charge in [-0.1, -0.05) is 60.7 Å². The van der Waals surface area contributed by atoms with E-state index in [2.05, 4.69) is 5.32 Å².